The molecule has 28 heavy (non-hydrogen) atoms. The Hall–Kier alpha value is -2.23. The summed E-state index contributed by atoms with van der Waals surface area (Å²) in [4.78, 5) is 25.9. The number of hydrogen-bond acceptors (Lipinski definition) is 6. The number of hydrogen-bond donors (Lipinski definition) is 0. The van der Waals surface area contributed by atoms with E-state index in [-0.39, 0.29) is 22.4 Å². The van der Waals surface area contributed by atoms with E-state index >= 15 is 0 Å². The van der Waals surface area contributed by atoms with Gasteiger partial charge in [0.05, 0.1) is 10.5 Å². The lowest BCUT2D eigenvalue weighted by atomic mass is 10.2. The van der Waals surface area contributed by atoms with Gasteiger partial charge >= 0.3 is 5.97 Å². The first-order valence-electron chi connectivity index (χ1n) is 8.63. The van der Waals surface area contributed by atoms with Gasteiger partial charge in [0.15, 0.2) is 6.61 Å². The summed E-state index contributed by atoms with van der Waals surface area (Å²) >= 11 is 1.54. The van der Waals surface area contributed by atoms with E-state index in [4.69, 9.17) is 4.74 Å². The van der Waals surface area contributed by atoms with Crippen LogP contribution >= 0.6 is 11.3 Å². The lowest BCUT2D eigenvalue weighted by molar-refractivity contribution is -0.133. The number of sulfonamides is 1. The van der Waals surface area contributed by atoms with Crippen LogP contribution in [-0.2, 0) is 26.1 Å². The van der Waals surface area contributed by atoms with Crippen LogP contribution in [0.4, 0.5) is 0 Å². The van der Waals surface area contributed by atoms with Crippen molar-refractivity contribution < 1.29 is 22.7 Å². The number of nitrogens with zero attached hydrogens (tertiary/aromatic N) is 2. The van der Waals surface area contributed by atoms with Gasteiger partial charge in [-0.3, -0.25) is 4.79 Å². The molecule has 0 unspecified atom stereocenters. The van der Waals surface area contributed by atoms with Crippen molar-refractivity contribution in [3.63, 3.8) is 0 Å². The van der Waals surface area contributed by atoms with E-state index in [9.17, 15) is 18.0 Å². The number of esters is 1. The van der Waals surface area contributed by atoms with Crippen molar-refractivity contribution in [3.8, 4) is 0 Å². The summed E-state index contributed by atoms with van der Waals surface area (Å²) in [5.74, 6) is -1.09. The molecule has 0 atom stereocenters. The number of thiophene rings is 1. The molecule has 0 bridgehead atoms. The molecule has 0 fully saturated rings. The summed E-state index contributed by atoms with van der Waals surface area (Å²) in [6.07, 6.45) is 0. The van der Waals surface area contributed by atoms with Gasteiger partial charge in [-0.2, -0.15) is 15.6 Å². The molecule has 7 nitrogen and oxygen atoms in total. The van der Waals surface area contributed by atoms with E-state index in [1.165, 1.54) is 51.9 Å². The summed E-state index contributed by atoms with van der Waals surface area (Å²) < 4.78 is 31.4. The van der Waals surface area contributed by atoms with E-state index in [1.807, 2.05) is 16.8 Å². The first kappa shape index (κ1) is 22.1. The summed E-state index contributed by atoms with van der Waals surface area (Å²) in [6, 6.07) is 7.30. The highest BCUT2D eigenvalue weighted by Crippen LogP contribution is 2.18. The Morgan fingerprint density at radius 1 is 1.18 bits per heavy atom. The van der Waals surface area contributed by atoms with Gasteiger partial charge in [0.1, 0.15) is 0 Å². The minimum atomic E-state index is -3.72. The third kappa shape index (κ3) is 5.40. The predicted molar refractivity (Wildman–Crippen MR) is 108 cm³/mol. The van der Waals surface area contributed by atoms with Crippen LogP contribution in [0, 0.1) is 0 Å². The number of likely N-dealkylation sites (N-methyl/N-ethyl adjacent to an activating group) is 1. The molecular formula is C19H24N2O5S2. The van der Waals surface area contributed by atoms with Crippen molar-refractivity contribution in [1.82, 2.24) is 9.21 Å². The quantitative estimate of drug-likeness (QED) is 0.608. The molecule has 2 rings (SSSR count). The molecule has 1 amide bonds. The van der Waals surface area contributed by atoms with Crippen molar-refractivity contribution in [2.24, 2.45) is 0 Å². The molecule has 0 N–H and O–H groups in total. The van der Waals surface area contributed by atoms with E-state index in [0.29, 0.717) is 6.54 Å². The number of amides is 1. The number of carbonyl (C=O) groups excluding carboxylic acids is 2. The zero-order chi connectivity index (χ0) is 20.9. The van der Waals surface area contributed by atoms with Crippen molar-refractivity contribution in [2.45, 2.75) is 31.3 Å². The SMILES string of the molecule is CC(C)N(C)S(=O)(=O)c1cccc(C(=O)OCC(=O)N(C)Cc2ccsc2)c1. The maximum atomic E-state index is 12.6. The Kier molecular flexibility index (Phi) is 7.34. The molecular weight excluding hydrogens is 400 g/mol. The van der Waals surface area contributed by atoms with Crippen LogP contribution in [0.3, 0.4) is 0 Å². The minimum Gasteiger partial charge on any atom is -0.452 e. The topological polar surface area (TPSA) is 84.0 Å². The van der Waals surface area contributed by atoms with E-state index in [1.54, 1.807) is 20.9 Å². The van der Waals surface area contributed by atoms with E-state index in [0.717, 1.165) is 5.56 Å². The van der Waals surface area contributed by atoms with Crippen LogP contribution in [0.15, 0.2) is 46.0 Å². The second-order valence-electron chi connectivity index (χ2n) is 6.60. The largest absolute Gasteiger partial charge is 0.452 e. The first-order valence-corrected chi connectivity index (χ1v) is 11.0. The molecule has 1 heterocycles. The van der Waals surface area contributed by atoms with Crippen LogP contribution in [0.25, 0.3) is 0 Å². The fourth-order valence-electron chi connectivity index (χ4n) is 2.29. The highest BCUT2D eigenvalue weighted by molar-refractivity contribution is 7.89. The minimum absolute atomic E-state index is 0.000877. The Labute approximate surface area is 169 Å². The van der Waals surface area contributed by atoms with Crippen LogP contribution in [-0.4, -0.2) is 56.2 Å². The fraction of sp³-hybridized carbons (Fsp3) is 0.368. The highest BCUT2D eigenvalue weighted by Gasteiger charge is 2.24. The van der Waals surface area contributed by atoms with Crippen LogP contribution < -0.4 is 0 Å². The predicted octanol–water partition coefficient (Wildman–Crippen LogP) is 2.59. The highest BCUT2D eigenvalue weighted by atomic mass is 32.2. The van der Waals surface area contributed by atoms with Gasteiger partial charge in [0.25, 0.3) is 5.91 Å². The molecule has 2 aromatic rings. The smallest absolute Gasteiger partial charge is 0.338 e. The Balaban J connectivity index is 2.02. The molecule has 0 saturated carbocycles. The zero-order valence-electron chi connectivity index (χ0n) is 16.3. The molecule has 9 heteroatoms. The van der Waals surface area contributed by atoms with Gasteiger partial charge in [0.2, 0.25) is 10.0 Å². The van der Waals surface area contributed by atoms with Gasteiger partial charge in [-0.05, 0) is 54.4 Å². The molecule has 0 saturated heterocycles. The lowest BCUT2D eigenvalue weighted by Gasteiger charge is -2.21. The number of rotatable bonds is 8. The average molecular weight is 425 g/mol. The molecule has 0 radical (unpaired) electrons. The first-order chi connectivity index (χ1) is 13.1. The summed E-state index contributed by atoms with van der Waals surface area (Å²) in [7, 11) is -0.610. The average Bonchev–Trinajstić information content (AvgIpc) is 3.18. The monoisotopic (exact) mass is 424 g/mol. The molecule has 1 aromatic carbocycles. The second-order valence-corrected chi connectivity index (χ2v) is 9.38. The molecule has 0 aliphatic carbocycles. The van der Waals surface area contributed by atoms with Gasteiger partial charge in [-0.1, -0.05) is 6.07 Å². The Morgan fingerprint density at radius 3 is 2.50 bits per heavy atom. The molecule has 0 aliphatic rings. The van der Waals surface area contributed by atoms with Gasteiger partial charge in [0, 0.05) is 26.7 Å². The van der Waals surface area contributed by atoms with Gasteiger partial charge in [-0.25, -0.2) is 13.2 Å². The Bertz CT molecular complexity index is 924. The summed E-state index contributed by atoms with van der Waals surface area (Å²) in [5, 5.41) is 3.86. The molecule has 0 spiro atoms. The summed E-state index contributed by atoms with van der Waals surface area (Å²) in [6.45, 7) is 3.53. The lowest BCUT2D eigenvalue weighted by Crippen LogP contribution is -2.33. The van der Waals surface area contributed by atoms with Crippen molar-refractivity contribution in [2.75, 3.05) is 20.7 Å². The fourth-order valence-corrected chi connectivity index (χ4v) is 4.37. The number of ether oxygens (including phenoxy) is 1. The molecule has 1 aromatic heterocycles. The van der Waals surface area contributed by atoms with E-state index in [2.05, 4.69) is 0 Å². The van der Waals surface area contributed by atoms with Gasteiger partial charge in [-0.15, -0.1) is 0 Å². The standard InChI is InChI=1S/C19H24N2O5S2/c1-14(2)21(4)28(24,25)17-7-5-6-16(10-17)19(23)26-12-18(22)20(3)11-15-8-9-27-13-15/h5-10,13-14H,11-12H2,1-4H3. The molecule has 0 aliphatic heterocycles. The van der Waals surface area contributed by atoms with Gasteiger partial charge < -0.3 is 9.64 Å². The molecule has 152 valence electrons. The van der Waals surface area contributed by atoms with Crippen LogP contribution in [0.2, 0.25) is 0 Å². The van der Waals surface area contributed by atoms with Crippen molar-refractivity contribution in [3.05, 3.63) is 52.2 Å². The number of benzene rings is 1. The zero-order valence-corrected chi connectivity index (χ0v) is 17.9. The third-order valence-electron chi connectivity index (χ3n) is 4.23. The van der Waals surface area contributed by atoms with E-state index < -0.39 is 22.6 Å². The maximum Gasteiger partial charge on any atom is 0.338 e. The summed E-state index contributed by atoms with van der Waals surface area (Å²) in [5.41, 5.74) is 1.07. The second kappa shape index (κ2) is 9.31. The maximum absolute atomic E-state index is 12.6. The third-order valence-corrected chi connectivity index (χ3v) is 6.99. The normalized spacial score (nSPS) is 11.6. The van der Waals surface area contributed by atoms with Crippen molar-refractivity contribution in [1.29, 1.82) is 0 Å². The number of carbonyl (C=O) groups is 2. The van der Waals surface area contributed by atoms with Crippen LogP contribution in [0.1, 0.15) is 29.8 Å². The Morgan fingerprint density at radius 2 is 1.89 bits per heavy atom. The van der Waals surface area contributed by atoms with Crippen molar-refractivity contribution >= 4 is 33.2 Å². The van der Waals surface area contributed by atoms with Crippen LogP contribution in [0.5, 0.6) is 0 Å².